The van der Waals surface area contributed by atoms with Crippen molar-refractivity contribution in [1.29, 1.82) is 0 Å². The van der Waals surface area contributed by atoms with Crippen LogP contribution in [0, 0.1) is 5.41 Å². The molecule has 0 spiro atoms. The minimum Gasteiger partial charge on any atom is -0.349 e. The van der Waals surface area contributed by atoms with Crippen molar-refractivity contribution >= 4 is 51.5 Å². The SMILES string of the molecule is CC1(C(=O)Nc2ccc3c(C(=O)NC4CC4)c(NC(=O)c4csc(-c5cn[nH]c5)n4)[nH]c3c2)CCCCC1. The number of hydrogen-bond acceptors (Lipinski definition) is 6. The van der Waals surface area contributed by atoms with Crippen LogP contribution in [0.3, 0.4) is 0 Å². The van der Waals surface area contributed by atoms with E-state index in [0.717, 1.165) is 44.1 Å². The Kier molecular flexibility index (Phi) is 6.22. The molecule has 0 radical (unpaired) electrons. The first-order valence-electron chi connectivity index (χ1n) is 12.9. The highest BCUT2D eigenvalue weighted by molar-refractivity contribution is 7.13. The van der Waals surface area contributed by atoms with E-state index < -0.39 is 5.91 Å². The monoisotopic (exact) mass is 531 g/mol. The van der Waals surface area contributed by atoms with Gasteiger partial charge in [0.25, 0.3) is 11.8 Å². The third-order valence-corrected chi connectivity index (χ3v) is 8.31. The highest BCUT2D eigenvalue weighted by Crippen LogP contribution is 2.37. The Balaban J connectivity index is 1.28. The quantitative estimate of drug-likeness (QED) is 0.226. The van der Waals surface area contributed by atoms with Gasteiger partial charge in [0, 0.05) is 45.2 Å². The van der Waals surface area contributed by atoms with Crippen LogP contribution in [0.25, 0.3) is 21.5 Å². The summed E-state index contributed by atoms with van der Waals surface area (Å²) >= 11 is 1.34. The van der Waals surface area contributed by atoms with Crippen molar-refractivity contribution in [2.45, 2.75) is 57.9 Å². The summed E-state index contributed by atoms with van der Waals surface area (Å²) in [4.78, 5) is 47.0. The number of aromatic amines is 2. The largest absolute Gasteiger partial charge is 0.349 e. The number of nitrogens with one attached hydrogen (secondary N) is 5. The number of amides is 3. The summed E-state index contributed by atoms with van der Waals surface area (Å²) in [5.74, 6) is -0.372. The second-order valence-electron chi connectivity index (χ2n) is 10.4. The maximum absolute atomic E-state index is 13.2. The molecule has 3 aromatic heterocycles. The van der Waals surface area contributed by atoms with Gasteiger partial charge >= 0.3 is 0 Å². The normalized spacial score (nSPS) is 16.8. The van der Waals surface area contributed by atoms with Crippen LogP contribution in [0.5, 0.6) is 0 Å². The minimum absolute atomic E-state index is 0.0142. The van der Waals surface area contributed by atoms with Crippen molar-refractivity contribution in [2.75, 3.05) is 10.6 Å². The highest BCUT2D eigenvalue weighted by Gasteiger charge is 2.34. The van der Waals surface area contributed by atoms with Crippen LogP contribution in [-0.4, -0.2) is 43.9 Å². The van der Waals surface area contributed by atoms with Crippen molar-refractivity contribution in [3.05, 3.63) is 47.2 Å². The smallest absolute Gasteiger partial charge is 0.276 e. The van der Waals surface area contributed by atoms with Gasteiger partial charge in [0.15, 0.2) is 0 Å². The maximum Gasteiger partial charge on any atom is 0.276 e. The Bertz CT molecular complexity index is 1510. The van der Waals surface area contributed by atoms with Crippen molar-refractivity contribution < 1.29 is 14.4 Å². The third kappa shape index (κ3) is 4.81. The second-order valence-corrected chi connectivity index (χ2v) is 11.3. The summed E-state index contributed by atoms with van der Waals surface area (Å²) in [6.45, 7) is 2.03. The fourth-order valence-electron chi connectivity index (χ4n) is 4.99. The molecule has 38 heavy (non-hydrogen) atoms. The molecule has 5 N–H and O–H groups in total. The first-order valence-corrected chi connectivity index (χ1v) is 13.8. The lowest BCUT2D eigenvalue weighted by molar-refractivity contribution is -0.126. The lowest BCUT2D eigenvalue weighted by Gasteiger charge is -2.32. The van der Waals surface area contributed by atoms with Gasteiger partial charge in [-0.2, -0.15) is 5.10 Å². The molecule has 0 aliphatic heterocycles. The van der Waals surface area contributed by atoms with E-state index in [1.807, 2.05) is 19.1 Å². The fourth-order valence-corrected chi connectivity index (χ4v) is 5.77. The first kappa shape index (κ1) is 24.4. The number of rotatable bonds is 7. The fraction of sp³-hybridized carbons (Fsp3) is 0.370. The van der Waals surface area contributed by atoms with E-state index in [2.05, 4.69) is 36.1 Å². The van der Waals surface area contributed by atoms with Gasteiger partial charge in [0.1, 0.15) is 16.5 Å². The van der Waals surface area contributed by atoms with Gasteiger partial charge in [-0.25, -0.2) is 4.98 Å². The summed E-state index contributed by atoms with van der Waals surface area (Å²) in [5.41, 5.74) is 2.31. The average Bonchev–Trinajstić information content (AvgIpc) is 3.30. The van der Waals surface area contributed by atoms with Crippen molar-refractivity contribution in [3.63, 3.8) is 0 Å². The lowest BCUT2D eigenvalue weighted by Crippen LogP contribution is -2.35. The molecule has 6 rings (SSSR count). The van der Waals surface area contributed by atoms with Gasteiger partial charge in [-0.1, -0.05) is 26.2 Å². The van der Waals surface area contributed by atoms with Gasteiger partial charge in [0.05, 0.1) is 11.8 Å². The summed E-state index contributed by atoms with van der Waals surface area (Å²) in [7, 11) is 0. The summed E-state index contributed by atoms with van der Waals surface area (Å²) in [5, 5.41) is 18.6. The Morgan fingerprint density at radius 2 is 1.89 bits per heavy atom. The van der Waals surface area contributed by atoms with Gasteiger partial charge in [-0.15, -0.1) is 11.3 Å². The number of carbonyl (C=O) groups is 3. The highest BCUT2D eigenvalue weighted by atomic mass is 32.1. The molecule has 196 valence electrons. The van der Waals surface area contributed by atoms with E-state index in [4.69, 9.17) is 0 Å². The van der Waals surface area contributed by atoms with Crippen LogP contribution >= 0.6 is 11.3 Å². The number of nitrogens with zero attached hydrogens (tertiary/aromatic N) is 2. The molecule has 0 saturated heterocycles. The van der Waals surface area contributed by atoms with Gasteiger partial charge in [-0.3, -0.25) is 19.5 Å². The molecule has 2 fully saturated rings. The number of H-pyrrole nitrogens is 2. The Morgan fingerprint density at radius 1 is 1.08 bits per heavy atom. The van der Waals surface area contributed by atoms with E-state index in [1.165, 1.54) is 17.8 Å². The zero-order valence-electron chi connectivity index (χ0n) is 21.0. The van der Waals surface area contributed by atoms with Crippen LogP contribution in [0.4, 0.5) is 11.5 Å². The zero-order valence-corrected chi connectivity index (χ0v) is 21.8. The van der Waals surface area contributed by atoms with E-state index in [-0.39, 0.29) is 29.0 Å². The topological polar surface area (TPSA) is 145 Å². The van der Waals surface area contributed by atoms with E-state index in [9.17, 15) is 14.4 Å². The van der Waals surface area contributed by atoms with E-state index in [1.54, 1.807) is 23.8 Å². The number of thiazole rings is 1. The predicted molar refractivity (Wildman–Crippen MR) is 146 cm³/mol. The number of fused-ring (bicyclic) bond motifs is 1. The van der Waals surface area contributed by atoms with Gasteiger partial charge in [-0.05, 0) is 43.9 Å². The average molecular weight is 532 g/mol. The van der Waals surface area contributed by atoms with Gasteiger partial charge in [0.2, 0.25) is 5.91 Å². The first-order chi connectivity index (χ1) is 18.4. The molecule has 11 heteroatoms. The molecular formula is C27H29N7O3S. The summed E-state index contributed by atoms with van der Waals surface area (Å²) in [6.07, 6.45) is 10.3. The summed E-state index contributed by atoms with van der Waals surface area (Å²) in [6, 6.07) is 5.57. The van der Waals surface area contributed by atoms with Crippen LogP contribution in [0.15, 0.2) is 36.0 Å². The number of hydrogen-bond donors (Lipinski definition) is 5. The van der Waals surface area contributed by atoms with Gasteiger partial charge < -0.3 is 20.9 Å². The Morgan fingerprint density at radius 3 is 2.63 bits per heavy atom. The number of carbonyl (C=O) groups excluding carboxylic acids is 3. The summed E-state index contributed by atoms with van der Waals surface area (Å²) < 4.78 is 0. The second kappa shape index (κ2) is 9.71. The molecule has 10 nitrogen and oxygen atoms in total. The maximum atomic E-state index is 13.2. The van der Waals surface area contributed by atoms with Crippen LogP contribution in [0.2, 0.25) is 0 Å². The molecule has 1 aromatic carbocycles. The van der Waals surface area contributed by atoms with Crippen molar-refractivity contribution in [1.82, 2.24) is 25.5 Å². The molecule has 0 atom stereocenters. The molecule has 0 bridgehead atoms. The number of anilines is 2. The third-order valence-electron chi connectivity index (χ3n) is 7.42. The number of benzene rings is 1. The molecule has 0 unspecified atom stereocenters. The molecular weight excluding hydrogens is 502 g/mol. The van der Waals surface area contributed by atoms with Crippen LogP contribution in [-0.2, 0) is 4.79 Å². The molecule has 2 aliphatic carbocycles. The van der Waals surface area contributed by atoms with E-state index in [0.29, 0.717) is 33.0 Å². The van der Waals surface area contributed by atoms with Crippen molar-refractivity contribution in [2.24, 2.45) is 5.41 Å². The lowest BCUT2D eigenvalue weighted by atomic mass is 9.75. The van der Waals surface area contributed by atoms with E-state index >= 15 is 0 Å². The molecule has 4 aromatic rings. The predicted octanol–water partition coefficient (Wildman–Crippen LogP) is 5.07. The Hall–Kier alpha value is -3.99. The molecule has 3 amide bonds. The Labute approximate surface area is 223 Å². The van der Waals surface area contributed by atoms with Crippen LogP contribution in [0.1, 0.15) is 72.7 Å². The molecule has 2 aliphatic rings. The standard InChI is InChI=1S/C27H29N7O3S/c1-27(9-3-2-4-10-27)26(37)31-17-7-8-18-19(11-17)32-22(21(18)24(36)30-16-5-6-16)34-23(35)20-14-38-25(33-20)15-12-28-29-13-15/h7-8,11-14,16,32H,2-6,9-10H2,1H3,(H,28,29)(H,30,36)(H,31,37)(H,34,35). The van der Waals surface area contributed by atoms with Crippen LogP contribution < -0.4 is 16.0 Å². The van der Waals surface area contributed by atoms with Crippen molar-refractivity contribution in [3.8, 4) is 10.6 Å². The zero-order chi connectivity index (χ0) is 26.3. The molecule has 3 heterocycles. The minimum atomic E-state index is -0.429. The number of aromatic nitrogens is 4. The molecule has 2 saturated carbocycles.